The Bertz CT molecular complexity index is 774. The molecule has 3 rings (SSSR count). The number of nitrogens with zero attached hydrogens (tertiary/aromatic N) is 1. The zero-order chi connectivity index (χ0) is 17.8. The predicted molar refractivity (Wildman–Crippen MR) is 97.4 cm³/mol. The summed E-state index contributed by atoms with van der Waals surface area (Å²) >= 11 is 0. The van der Waals surface area contributed by atoms with Crippen LogP contribution in [0.5, 0.6) is 0 Å². The van der Waals surface area contributed by atoms with Crippen molar-refractivity contribution in [2.75, 3.05) is 16.8 Å². The topological polar surface area (TPSA) is 69.6 Å². The molecule has 1 unspecified atom stereocenters. The third kappa shape index (κ3) is 3.72. The van der Waals surface area contributed by atoms with Gasteiger partial charge in [0.2, 0.25) is 5.91 Å². The molecular weight excluding hydrogens is 316 g/mol. The van der Waals surface area contributed by atoms with E-state index >= 15 is 0 Å². The second-order valence-electron chi connectivity index (χ2n) is 6.19. The van der Waals surface area contributed by atoms with Crippen LogP contribution < -0.4 is 10.2 Å². The van der Waals surface area contributed by atoms with Crippen LogP contribution in [0, 0.1) is 0 Å². The lowest BCUT2D eigenvalue weighted by atomic mass is 10.00. The van der Waals surface area contributed by atoms with E-state index in [-0.39, 0.29) is 5.91 Å². The molecule has 0 saturated heterocycles. The van der Waals surface area contributed by atoms with Crippen molar-refractivity contribution in [3.8, 4) is 0 Å². The molecule has 5 nitrogen and oxygen atoms in total. The third-order valence-electron chi connectivity index (χ3n) is 4.36. The maximum absolute atomic E-state index is 12.3. The van der Waals surface area contributed by atoms with Gasteiger partial charge in [0.05, 0.1) is 0 Å². The first-order valence-corrected chi connectivity index (χ1v) is 8.57. The number of amides is 2. The molecule has 0 aliphatic carbocycles. The number of hydrogen-bond acceptors (Lipinski definition) is 3. The van der Waals surface area contributed by atoms with Crippen LogP contribution in [0.2, 0.25) is 0 Å². The fourth-order valence-corrected chi connectivity index (χ4v) is 3.10. The fourth-order valence-electron chi connectivity index (χ4n) is 3.10. The molecule has 1 atom stereocenters. The molecule has 0 radical (unpaired) electrons. The van der Waals surface area contributed by atoms with Crippen molar-refractivity contribution in [3.05, 3.63) is 59.7 Å². The molecule has 0 aromatic heterocycles. The predicted octanol–water partition coefficient (Wildman–Crippen LogP) is 3.05. The smallest absolute Gasteiger partial charge is 0.257 e. The monoisotopic (exact) mass is 338 g/mol. The number of hydrogen-bond donors (Lipinski definition) is 2. The van der Waals surface area contributed by atoms with Crippen LogP contribution in [0.25, 0.3) is 0 Å². The van der Waals surface area contributed by atoms with Gasteiger partial charge in [-0.2, -0.15) is 0 Å². The van der Waals surface area contributed by atoms with E-state index in [1.54, 1.807) is 30.3 Å². The largest absolute Gasteiger partial charge is 0.378 e. The first-order chi connectivity index (χ1) is 12.1. The van der Waals surface area contributed by atoms with Gasteiger partial charge < -0.3 is 15.3 Å². The van der Waals surface area contributed by atoms with Gasteiger partial charge in [0.25, 0.3) is 5.91 Å². The van der Waals surface area contributed by atoms with Crippen molar-refractivity contribution in [1.82, 2.24) is 0 Å². The van der Waals surface area contributed by atoms with E-state index in [2.05, 4.69) is 5.32 Å². The average Bonchev–Trinajstić information content (AvgIpc) is 2.64. The second-order valence-corrected chi connectivity index (χ2v) is 6.19. The summed E-state index contributed by atoms with van der Waals surface area (Å²) in [6.45, 7) is 2.74. The molecule has 0 saturated carbocycles. The van der Waals surface area contributed by atoms with E-state index in [0.717, 1.165) is 17.7 Å². The Labute approximate surface area is 147 Å². The SMILES string of the molecule is CCCN1C(=O)CCc2cc(NC(=O)C(O)c3ccccc3)ccc21. The maximum atomic E-state index is 12.3. The van der Waals surface area contributed by atoms with Crippen LogP contribution in [-0.4, -0.2) is 23.5 Å². The molecule has 1 heterocycles. The molecule has 130 valence electrons. The van der Waals surface area contributed by atoms with E-state index in [0.29, 0.717) is 30.6 Å². The summed E-state index contributed by atoms with van der Waals surface area (Å²) in [7, 11) is 0. The number of aryl methyl sites for hydroxylation is 1. The molecule has 2 N–H and O–H groups in total. The van der Waals surface area contributed by atoms with Gasteiger partial charge in [0, 0.05) is 24.3 Å². The number of fused-ring (bicyclic) bond motifs is 1. The average molecular weight is 338 g/mol. The number of carbonyl (C=O) groups is 2. The third-order valence-corrected chi connectivity index (χ3v) is 4.36. The molecule has 25 heavy (non-hydrogen) atoms. The first-order valence-electron chi connectivity index (χ1n) is 8.57. The van der Waals surface area contributed by atoms with Crippen LogP contribution in [0.3, 0.4) is 0 Å². The van der Waals surface area contributed by atoms with Crippen LogP contribution in [0.15, 0.2) is 48.5 Å². The normalized spacial score (nSPS) is 14.8. The van der Waals surface area contributed by atoms with Crippen molar-refractivity contribution >= 4 is 23.2 Å². The Morgan fingerprint density at radius 1 is 1.20 bits per heavy atom. The van der Waals surface area contributed by atoms with Crippen LogP contribution >= 0.6 is 0 Å². The van der Waals surface area contributed by atoms with Gasteiger partial charge in [-0.05, 0) is 42.2 Å². The van der Waals surface area contributed by atoms with Crippen LogP contribution in [-0.2, 0) is 16.0 Å². The van der Waals surface area contributed by atoms with E-state index in [1.165, 1.54) is 0 Å². The molecule has 0 fully saturated rings. The van der Waals surface area contributed by atoms with Crippen LogP contribution in [0.4, 0.5) is 11.4 Å². The molecule has 2 amide bonds. The maximum Gasteiger partial charge on any atom is 0.257 e. The van der Waals surface area contributed by atoms with Crippen LogP contribution in [0.1, 0.15) is 37.0 Å². The highest BCUT2D eigenvalue weighted by atomic mass is 16.3. The molecule has 0 spiro atoms. The minimum atomic E-state index is -1.21. The number of carbonyl (C=O) groups excluding carboxylic acids is 2. The molecule has 5 heteroatoms. The number of nitrogens with one attached hydrogen (secondary N) is 1. The van der Waals surface area contributed by atoms with E-state index < -0.39 is 12.0 Å². The highest BCUT2D eigenvalue weighted by Gasteiger charge is 2.24. The van der Waals surface area contributed by atoms with Gasteiger partial charge >= 0.3 is 0 Å². The Hall–Kier alpha value is -2.66. The van der Waals surface area contributed by atoms with E-state index in [4.69, 9.17) is 0 Å². The summed E-state index contributed by atoms with van der Waals surface area (Å²) in [5.74, 6) is -0.325. The standard InChI is InChI=1S/C20H22N2O3/c1-2-12-22-17-10-9-16(13-15(17)8-11-18(22)23)21-20(25)19(24)14-6-4-3-5-7-14/h3-7,9-10,13,19,24H,2,8,11-12H2,1H3,(H,21,25). The number of rotatable bonds is 5. The summed E-state index contributed by atoms with van der Waals surface area (Å²) in [6.07, 6.45) is 0.832. The van der Waals surface area contributed by atoms with Crippen molar-refractivity contribution in [3.63, 3.8) is 0 Å². The number of benzene rings is 2. The van der Waals surface area contributed by atoms with E-state index in [1.807, 2.05) is 30.0 Å². The Kier molecular flexibility index (Phi) is 5.14. The summed E-state index contributed by atoms with van der Waals surface area (Å²) in [6, 6.07) is 14.4. The van der Waals surface area contributed by atoms with Crippen molar-refractivity contribution in [1.29, 1.82) is 0 Å². The summed E-state index contributed by atoms with van der Waals surface area (Å²) in [4.78, 5) is 26.2. The Morgan fingerprint density at radius 3 is 2.68 bits per heavy atom. The number of anilines is 2. The minimum Gasteiger partial charge on any atom is -0.378 e. The van der Waals surface area contributed by atoms with Crippen molar-refractivity contribution in [2.45, 2.75) is 32.3 Å². The minimum absolute atomic E-state index is 0.144. The van der Waals surface area contributed by atoms with Gasteiger partial charge in [0.15, 0.2) is 6.10 Å². The molecule has 1 aliphatic heterocycles. The summed E-state index contributed by atoms with van der Waals surface area (Å²) in [5.41, 5.74) is 3.14. The van der Waals surface area contributed by atoms with Gasteiger partial charge in [-0.3, -0.25) is 9.59 Å². The zero-order valence-corrected chi connectivity index (χ0v) is 14.2. The zero-order valence-electron chi connectivity index (χ0n) is 14.2. The lowest BCUT2D eigenvalue weighted by Crippen LogP contribution is -2.35. The molecule has 2 aromatic carbocycles. The summed E-state index contributed by atoms with van der Waals surface area (Å²) < 4.78 is 0. The van der Waals surface area contributed by atoms with Gasteiger partial charge in [-0.1, -0.05) is 37.3 Å². The number of aliphatic hydroxyl groups is 1. The highest BCUT2D eigenvalue weighted by molar-refractivity contribution is 5.98. The second kappa shape index (κ2) is 7.49. The fraction of sp³-hybridized carbons (Fsp3) is 0.300. The van der Waals surface area contributed by atoms with E-state index in [9.17, 15) is 14.7 Å². The molecule has 2 aromatic rings. The Morgan fingerprint density at radius 2 is 1.96 bits per heavy atom. The Balaban J connectivity index is 1.76. The first kappa shape index (κ1) is 17.2. The molecule has 1 aliphatic rings. The highest BCUT2D eigenvalue weighted by Crippen LogP contribution is 2.30. The van der Waals surface area contributed by atoms with Gasteiger partial charge in [-0.15, -0.1) is 0 Å². The molecular formula is C20H22N2O3. The lowest BCUT2D eigenvalue weighted by molar-refractivity contribution is -0.124. The van der Waals surface area contributed by atoms with Gasteiger partial charge in [0.1, 0.15) is 0 Å². The summed E-state index contributed by atoms with van der Waals surface area (Å²) in [5, 5.41) is 12.9. The number of aliphatic hydroxyl groups excluding tert-OH is 1. The van der Waals surface area contributed by atoms with Crippen molar-refractivity contribution < 1.29 is 14.7 Å². The quantitative estimate of drug-likeness (QED) is 0.880. The lowest BCUT2D eigenvalue weighted by Gasteiger charge is -2.29. The molecule has 0 bridgehead atoms. The van der Waals surface area contributed by atoms with Crippen molar-refractivity contribution in [2.24, 2.45) is 0 Å². The van der Waals surface area contributed by atoms with Gasteiger partial charge in [-0.25, -0.2) is 0 Å².